The summed E-state index contributed by atoms with van der Waals surface area (Å²) in [4.78, 5) is 24.1. The van der Waals surface area contributed by atoms with Gasteiger partial charge in [0.2, 0.25) is 0 Å². The molecule has 29 heavy (non-hydrogen) atoms. The minimum Gasteiger partial charge on any atom is -0.462 e. The molecule has 5 heteroatoms. The number of carbonyl (C=O) groups excluding carboxylic acids is 2. The predicted octanol–water partition coefficient (Wildman–Crippen LogP) is 4.73. The monoisotopic (exact) mass is 396 g/mol. The highest BCUT2D eigenvalue weighted by Crippen LogP contribution is 2.26. The molecule has 2 rings (SSSR count). The van der Waals surface area contributed by atoms with Gasteiger partial charge in [0.1, 0.15) is 5.75 Å². The zero-order valence-corrected chi connectivity index (χ0v) is 16.7. The van der Waals surface area contributed by atoms with Crippen LogP contribution in [0, 0.1) is 0 Å². The van der Waals surface area contributed by atoms with Crippen LogP contribution in [0.3, 0.4) is 0 Å². The summed E-state index contributed by atoms with van der Waals surface area (Å²) >= 11 is 0. The third-order valence-electron chi connectivity index (χ3n) is 4.52. The van der Waals surface area contributed by atoms with Crippen molar-refractivity contribution in [2.75, 3.05) is 13.2 Å². The number of fused-ring (bicyclic) bond motifs is 1. The minimum atomic E-state index is -0.449. The Balaban J connectivity index is 1.69. The maximum atomic E-state index is 12.3. The van der Waals surface area contributed by atoms with E-state index in [1.54, 1.807) is 6.07 Å². The average Bonchev–Trinajstić information content (AvgIpc) is 2.73. The molecule has 0 unspecified atom stereocenters. The average molecular weight is 396 g/mol. The third-order valence-corrected chi connectivity index (χ3v) is 4.52. The molecule has 0 radical (unpaired) electrons. The highest BCUT2D eigenvalue weighted by atomic mass is 16.5. The molecule has 0 aliphatic carbocycles. The summed E-state index contributed by atoms with van der Waals surface area (Å²) in [6.07, 6.45) is 3.63. The Morgan fingerprint density at radius 1 is 0.828 bits per heavy atom. The molecule has 5 nitrogen and oxygen atoms in total. The molecule has 2 aromatic carbocycles. The zero-order valence-electron chi connectivity index (χ0n) is 16.7. The number of unbranched alkanes of at least 4 members (excludes halogenated alkanes) is 2. The zero-order chi connectivity index (χ0) is 21.1. The van der Waals surface area contributed by atoms with E-state index in [9.17, 15) is 9.59 Å². The smallest absolute Gasteiger partial charge is 0.338 e. The van der Waals surface area contributed by atoms with Crippen LogP contribution in [-0.4, -0.2) is 30.3 Å². The largest absolute Gasteiger partial charge is 0.462 e. The molecule has 0 aliphatic heterocycles. The second kappa shape index (κ2) is 11.8. The molecule has 0 amide bonds. The van der Waals surface area contributed by atoms with Crippen molar-refractivity contribution in [2.24, 2.45) is 0 Å². The lowest BCUT2D eigenvalue weighted by atomic mass is 10.1. The molecule has 0 heterocycles. The number of benzene rings is 2. The fraction of sp³-hybridized carbons (Fsp3) is 0.333. The van der Waals surface area contributed by atoms with Crippen molar-refractivity contribution in [1.29, 1.82) is 0 Å². The van der Waals surface area contributed by atoms with Crippen LogP contribution in [0.15, 0.2) is 66.8 Å². The van der Waals surface area contributed by atoms with E-state index in [-0.39, 0.29) is 13.2 Å². The van der Waals surface area contributed by atoms with Gasteiger partial charge in [0.05, 0.1) is 6.61 Å². The van der Waals surface area contributed by atoms with Gasteiger partial charge in [-0.25, -0.2) is 9.59 Å². The normalized spacial score (nSPS) is 10.5. The molecule has 0 aliphatic rings. The lowest BCUT2D eigenvalue weighted by Crippen LogP contribution is -2.11. The van der Waals surface area contributed by atoms with E-state index in [1.165, 1.54) is 0 Å². The molecule has 0 spiro atoms. The van der Waals surface area contributed by atoms with Gasteiger partial charge in [0.25, 0.3) is 0 Å². The predicted molar refractivity (Wildman–Crippen MR) is 114 cm³/mol. The first-order chi connectivity index (χ1) is 14.0. The fourth-order valence-corrected chi connectivity index (χ4v) is 2.82. The number of rotatable bonds is 12. The van der Waals surface area contributed by atoms with Gasteiger partial charge in [-0.05, 0) is 50.0 Å². The lowest BCUT2D eigenvalue weighted by Gasteiger charge is -2.10. The van der Waals surface area contributed by atoms with Crippen LogP contribution in [0.1, 0.15) is 38.5 Å². The number of esters is 2. The summed E-state index contributed by atoms with van der Waals surface area (Å²) in [5.74, 6) is -0.337. The van der Waals surface area contributed by atoms with Crippen molar-refractivity contribution in [3.63, 3.8) is 0 Å². The first-order valence-corrected chi connectivity index (χ1v) is 9.86. The molecular weight excluding hydrogens is 368 g/mol. The summed E-state index contributed by atoms with van der Waals surface area (Å²) in [6.45, 7) is 7.90. The Morgan fingerprint density at radius 3 is 2.24 bits per heavy atom. The highest BCUT2D eigenvalue weighted by Gasteiger charge is 2.12. The summed E-state index contributed by atoms with van der Waals surface area (Å²) in [6, 6.07) is 13.3. The van der Waals surface area contributed by atoms with Gasteiger partial charge in [0, 0.05) is 23.1 Å². The van der Waals surface area contributed by atoms with Crippen LogP contribution in [0.25, 0.3) is 10.8 Å². The van der Waals surface area contributed by atoms with Crippen LogP contribution < -0.4 is 4.74 Å². The molecule has 0 atom stereocenters. The molecule has 1 N–H and O–H groups in total. The van der Waals surface area contributed by atoms with Gasteiger partial charge < -0.3 is 14.6 Å². The number of carbonyl (C=O) groups is 2. The van der Waals surface area contributed by atoms with Crippen molar-refractivity contribution in [1.82, 2.24) is 0 Å². The number of ether oxygens (including phenoxy) is 2. The topological polar surface area (TPSA) is 72.8 Å². The first-order valence-electron chi connectivity index (χ1n) is 9.86. The highest BCUT2D eigenvalue weighted by molar-refractivity contribution is 5.94. The SMILES string of the molecule is C=C(CCCCO)C(=O)OCCCCC(=C)C(=O)Oc1cccc2ccccc12. The maximum Gasteiger partial charge on any atom is 0.338 e. The van der Waals surface area contributed by atoms with Crippen molar-refractivity contribution in [3.8, 4) is 5.75 Å². The van der Waals surface area contributed by atoms with Crippen molar-refractivity contribution in [2.45, 2.75) is 38.5 Å². The maximum absolute atomic E-state index is 12.3. The van der Waals surface area contributed by atoms with E-state index in [4.69, 9.17) is 14.6 Å². The summed E-state index contributed by atoms with van der Waals surface area (Å²) in [7, 11) is 0. The van der Waals surface area contributed by atoms with Crippen molar-refractivity contribution >= 4 is 22.7 Å². The summed E-state index contributed by atoms with van der Waals surface area (Å²) in [5.41, 5.74) is 0.805. The standard InChI is InChI=1S/C24H28O5/c1-18(10-5-7-16-25)23(26)28-17-8-6-11-19(2)24(27)29-22-15-9-13-20-12-3-4-14-21(20)22/h3-4,9,12-15,25H,1-2,5-8,10-11,16-17H2. The summed E-state index contributed by atoms with van der Waals surface area (Å²) in [5, 5.41) is 10.6. The van der Waals surface area contributed by atoms with Crippen molar-refractivity contribution in [3.05, 3.63) is 66.8 Å². The van der Waals surface area contributed by atoms with E-state index in [0.29, 0.717) is 55.4 Å². The Kier molecular flexibility index (Phi) is 9.12. The van der Waals surface area contributed by atoms with Gasteiger partial charge in [-0.2, -0.15) is 0 Å². The van der Waals surface area contributed by atoms with Gasteiger partial charge in [-0.3, -0.25) is 0 Å². The van der Waals surface area contributed by atoms with Gasteiger partial charge >= 0.3 is 11.9 Å². The van der Waals surface area contributed by atoms with Gasteiger partial charge in [0.15, 0.2) is 0 Å². The van der Waals surface area contributed by atoms with E-state index < -0.39 is 11.9 Å². The van der Waals surface area contributed by atoms with Gasteiger partial charge in [-0.1, -0.05) is 49.6 Å². The van der Waals surface area contributed by atoms with E-state index in [2.05, 4.69) is 13.2 Å². The fourth-order valence-electron chi connectivity index (χ4n) is 2.82. The van der Waals surface area contributed by atoms with E-state index in [1.807, 2.05) is 36.4 Å². The van der Waals surface area contributed by atoms with E-state index >= 15 is 0 Å². The van der Waals surface area contributed by atoms with Gasteiger partial charge in [-0.15, -0.1) is 0 Å². The van der Waals surface area contributed by atoms with Crippen LogP contribution in [-0.2, 0) is 14.3 Å². The Hall–Kier alpha value is -2.92. The molecule has 0 saturated carbocycles. The molecule has 2 aromatic rings. The van der Waals surface area contributed by atoms with Crippen LogP contribution in [0.5, 0.6) is 5.75 Å². The number of aliphatic hydroxyl groups excluding tert-OH is 1. The molecule has 154 valence electrons. The lowest BCUT2D eigenvalue weighted by molar-refractivity contribution is -0.139. The number of aliphatic hydroxyl groups is 1. The Bertz CT molecular complexity index is 863. The second-order valence-corrected chi connectivity index (χ2v) is 6.85. The molecule has 0 fully saturated rings. The molecule has 0 bridgehead atoms. The molecule has 0 aromatic heterocycles. The quantitative estimate of drug-likeness (QED) is 0.243. The minimum absolute atomic E-state index is 0.106. The Labute approximate surface area is 171 Å². The van der Waals surface area contributed by atoms with Crippen LogP contribution in [0.4, 0.5) is 0 Å². The third kappa shape index (κ3) is 7.20. The number of hydrogen-bond acceptors (Lipinski definition) is 5. The van der Waals surface area contributed by atoms with Crippen molar-refractivity contribution < 1.29 is 24.2 Å². The van der Waals surface area contributed by atoms with Crippen LogP contribution in [0.2, 0.25) is 0 Å². The van der Waals surface area contributed by atoms with E-state index in [0.717, 1.165) is 10.8 Å². The van der Waals surface area contributed by atoms with Crippen LogP contribution >= 0.6 is 0 Å². The molecule has 0 saturated heterocycles. The second-order valence-electron chi connectivity index (χ2n) is 6.85. The Morgan fingerprint density at radius 2 is 1.48 bits per heavy atom. The molecular formula is C24H28O5. The summed E-state index contributed by atoms with van der Waals surface area (Å²) < 4.78 is 10.7. The number of hydrogen-bond donors (Lipinski definition) is 1. The first kappa shape index (κ1) is 22.4.